The predicted octanol–water partition coefficient (Wildman–Crippen LogP) is 5.78. The fourth-order valence-corrected chi connectivity index (χ4v) is 3.44. The van der Waals surface area contributed by atoms with Crippen LogP contribution in [-0.4, -0.2) is 6.04 Å². The van der Waals surface area contributed by atoms with Gasteiger partial charge in [-0.25, -0.2) is 0 Å². The number of halogens is 2. The van der Waals surface area contributed by atoms with Crippen molar-refractivity contribution in [3.05, 3.63) is 63.6 Å². The zero-order valence-electron chi connectivity index (χ0n) is 12.2. The van der Waals surface area contributed by atoms with Gasteiger partial charge in [0.25, 0.3) is 0 Å². The molecule has 0 spiro atoms. The highest BCUT2D eigenvalue weighted by atomic mass is 35.5. The largest absolute Gasteiger partial charge is 0.310 e. The zero-order chi connectivity index (χ0) is 15.2. The SMILES string of the molecule is CC(C)NCc1ccc(SCc2ccccc2Cl)c(Cl)c1. The van der Waals surface area contributed by atoms with Crippen LogP contribution in [0.2, 0.25) is 10.0 Å². The molecular formula is C17H19Cl2NS. The Morgan fingerprint density at radius 1 is 1.05 bits per heavy atom. The van der Waals surface area contributed by atoms with Crippen LogP contribution in [0.4, 0.5) is 0 Å². The van der Waals surface area contributed by atoms with Crippen molar-refractivity contribution in [1.29, 1.82) is 0 Å². The molecule has 0 amide bonds. The molecule has 0 saturated heterocycles. The van der Waals surface area contributed by atoms with Crippen molar-refractivity contribution >= 4 is 35.0 Å². The van der Waals surface area contributed by atoms with Crippen LogP contribution in [0, 0.1) is 0 Å². The van der Waals surface area contributed by atoms with Crippen LogP contribution in [0.1, 0.15) is 25.0 Å². The topological polar surface area (TPSA) is 12.0 Å². The summed E-state index contributed by atoms with van der Waals surface area (Å²) in [5.41, 5.74) is 2.33. The molecule has 0 aliphatic rings. The Balaban J connectivity index is 1.99. The Bertz CT molecular complexity index is 599. The van der Waals surface area contributed by atoms with E-state index in [0.717, 1.165) is 32.8 Å². The van der Waals surface area contributed by atoms with Crippen molar-refractivity contribution in [2.24, 2.45) is 0 Å². The normalized spacial score (nSPS) is 11.1. The second-order valence-electron chi connectivity index (χ2n) is 5.18. The third-order valence-corrected chi connectivity index (χ3v) is 4.97. The second kappa shape index (κ2) is 8.09. The number of thioether (sulfide) groups is 1. The standard InChI is InChI=1S/C17H19Cl2NS/c1-12(2)20-10-13-7-8-17(16(19)9-13)21-11-14-5-3-4-6-15(14)18/h3-9,12,20H,10-11H2,1-2H3. The maximum absolute atomic E-state index is 6.37. The molecule has 1 N–H and O–H groups in total. The Hall–Kier alpha value is -0.670. The summed E-state index contributed by atoms with van der Waals surface area (Å²) in [7, 11) is 0. The monoisotopic (exact) mass is 339 g/mol. The Morgan fingerprint density at radius 3 is 2.48 bits per heavy atom. The highest BCUT2D eigenvalue weighted by Crippen LogP contribution is 2.32. The lowest BCUT2D eigenvalue weighted by Crippen LogP contribution is -2.21. The molecule has 1 nitrogen and oxygen atoms in total. The van der Waals surface area contributed by atoms with Gasteiger partial charge in [0.2, 0.25) is 0 Å². The Kier molecular flexibility index (Phi) is 6.43. The van der Waals surface area contributed by atoms with Crippen molar-refractivity contribution in [2.45, 2.75) is 37.1 Å². The van der Waals surface area contributed by atoms with Gasteiger partial charge in [0.1, 0.15) is 0 Å². The molecule has 0 aliphatic carbocycles. The van der Waals surface area contributed by atoms with Crippen molar-refractivity contribution < 1.29 is 0 Å². The van der Waals surface area contributed by atoms with Crippen LogP contribution in [0.5, 0.6) is 0 Å². The van der Waals surface area contributed by atoms with Crippen molar-refractivity contribution in [1.82, 2.24) is 5.32 Å². The van der Waals surface area contributed by atoms with Crippen LogP contribution in [0.3, 0.4) is 0 Å². The average Bonchev–Trinajstić information content (AvgIpc) is 2.45. The van der Waals surface area contributed by atoms with Crippen LogP contribution in [0.25, 0.3) is 0 Å². The first-order valence-corrected chi connectivity index (χ1v) is 8.68. The molecule has 0 aromatic heterocycles. The molecule has 0 atom stereocenters. The van der Waals surface area contributed by atoms with Gasteiger partial charge >= 0.3 is 0 Å². The first kappa shape index (κ1) is 16.7. The molecule has 2 rings (SSSR count). The van der Waals surface area contributed by atoms with E-state index in [4.69, 9.17) is 23.2 Å². The minimum Gasteiger partial charge on any atom is -0.310 e. The van der Waals surface area contributed by atoms with Crippen molar-refractivity contribution in [2.75, 3.05) is 0 Å². The van der Waals surface area contributed by atoms with Gasteiger partial charge in [-0.2, -0.15) is 0 Å². The number of hydrogen-bond acceptors (Lipinski definition) is 2. The quantitative estimate of drug-likeness (QED) is 0.669. The van der Waals surface area contributed by atoms with Gasteiger partial charge in [0.15, 0.2) is 0 Å². The van der Waals surface area contributed by atoms with Gasteiger partial charge in [0.05, 0.1) is 5.02 Å². The van der Waals surface area contributed by atoms with E-state index in [-0.39, 0.29) is 0 Å². The highest BCUT2D eigenvalue weighted by molar-refractivity contribution is 7.98. The van der Waals surface area contributed by atoms with Crippen LogP contribution >= 0.6 is 35.0 Å². The molecule has 4 heteroatoms. The molecule has 0 saturated carbocycles. The first-order valence-electron chi connectivity index (χ1n) is 6.94. The van der Waals surface area contributed by atoms with E-state index < -0.39 is 0 Å². The van der Waals surface area contributed by atoms with Gasteiger partial charge < -0.3 is 5.32 Å². The lowest BCUT2D eigenvalue weighted by molar-refractivity contribution is 0.589. The maximum atomic E-state index is 6.37. The third kappa shape index (κ3) is 5.23. The van der Waals surface area contributed by atoms with E-state index >= 15 is 0 Å². The second-order valence-corrected chi connectivity index (χ2v) is 7.01. The molecule has 2 aromatic rings. The molecule has 0 fully saturated rings. The summed E-state index contributed by atoms with van der Waals surface area (Å²) in [6, 6.07) is 14.6. The molecule has 0 radical (unpaired) electrons. The number of hydrogen-bond donors (Lipinski definition) is 1. The van der Waals surface area contributed by atoms with Gasteiger partial charge in [-0.3, -0.25) is 0 Å². The summed E-state index contributed by atoms with van der Waals surface area (Å²) in [6.07, 6.45) is 0. The predicted molar refractivity (Wildman–Crippen MR) is 94.4 cm³/mol. The summed E-state index contributed by atoms with van der Waals surface area (Å²) < 4.78 is 0. The molecule has 0 aliphatic heterocycles. The molecule has 2 aromatic carbocycles. The first-order chi connectivity index (χ1) is 10.1. The maximum Gasteiger partial charge on any atom is 0.0545 e. The fraction of sp³-hybridized carbons (Fsp3) is 0.294. The van der Waals surface area contributed by atoms with E-state index in [1.807, 2.05) is 30.3 Å². The molecular weight excluding hydrogens is 321 g/mol. The highest BCUT2D eigenvalue weighted by Gasteiger charge is 2.05. The minimum absolute atomic E-state index is 0.470. The number of benzene rings is 2. The molecule has 112 valence electrons. The van der Waals surface area contributed by atoms with Crippen molar-refractivity contribution in [3.8, 4) is 0 Å². The smallest absolute Gasteiger partial charge is 0.0545 e. The fourth-order valence-electron chi connectivity index (χ4n) is 1.86. The van der Waals surface area contributed by atoms with Gasteiger partial charge in [-0.15, -0.1) is 11.8 Å². The summed E-state index contributed by atoms with van der Waals surface area (Å²) in [5, 5.41) is 5.00. The van der Waals surface area contributed by atoms with E-state index in [9.17, 15) is 0 Å². The van der Waals surface area contributed by atoms with Crippen LogP contribution in [0.15, 0.2) is 47.4 Å². The zero-order valence-corrected chi connectivity index (χ0v) is 14.5. The van der Waals surface area contributed by atoms with Crippen molar-refractivity contribution in [3.63, 3.8) is 0 Å². The van der Waals surface area contributed by atoms with E-state index in [2.05, 4.69) is 31.3 Å². The van der Waals surface area contributed by atoms with Gasteiger partial charge in [-0.05, 0) is 29.3 Å². The average molecular weight is 340 g/mol. The Labute approximate surface area is 141 Å². The molecule has 0 heterocycles. The lowest BCUT2D eigenvalue weighted by Gasteiger charge is -2.10. The van der Waals surface area contributed by atoms with E-state index in [1.54, 1.807) is 11.8 Å². The van der Waals surface area contributed by atoms with E-state index in [0.29, 0.717) is 6.04 Å². The molecule has 0 unspecified atom stereocenters. The third-order valence-electron chi connectivity index (χ3n) is 3.05. The van der Waals surface area contributed by atoms with Gasteiger partial charge in [-0.1, -0.05) is 61.3 Å². The lowest BCUT2D eigenvalue weighted by atomic mass is 10.2. The summed E-state index contributed by atoms with van der Waals surface area (Å²) >= 11 is 14.3. The summed E-state index contributed by atoms with van der Waals surface area (Å²) in [5.74, 6) is 0.822. The number of nitrogens with one attached hydrogen (secondary N) is 1. The minimum atomic E-state index is 0.470. The molecule has 21 heavy (non-hydrogen) atoms. The van der Waals surface area contributed by atoms with E-state index in [1.165, 1.54) is 5.56 Å². The molecule has 0 bridgehead atoms. The van der Waals surface area contributed by atoms with Crippen LogP contribution < -0.4 is 5.32 Å². The van der Waals surface area contributed by atoms with Crippen LogP contribution in [-0.2, 0) is 12.3 Å². The summed E-state index contributed by atoms with van der Waals surface area (Å²) in [6.45, 7) is 5.11. The Morgan fingerprint density at radius 2 is 1.81 bits per heavy atom. The van der Waals surface area contributed by atoms with Gasteiger partial charge in [0, 0.05) is 28.3 Å². The number of rotatable bonds is 6. The summed E-state index contributed by atoms with van der Waals surface area (Å²) in [4.78, 5) is 1.09.